The first-order chi connectivity index (χ1) is 23.1. The third-order valence-electron chi connectivity index (χ3n) is 10.1. The fraction of sp³-hybridized carbons (Fsp3) is 0.512. The lowest BCUT2D eigenvalue weighted by atomic mass is 9.86. The van der Waals surface area contributed by atoms with E-state index in [1.807, 2.05) is 23.1 Å². The van der Waals surface area contributed by atoms with E-state index in [1.54, 1.807) is 21.3 Å². The zero-order chi connectivity index (χ0) is 36.0. The highest BCUT2D eigenvalue weighted by atomic mass is 28.4. The molecule has 1 atom stereocenters. The summed E-state index contributed by atoms with van der Waals surface area (Å²) in [6.07, 6.45) is 6.29. The van der Waals surface area contributed by atoms with Gasteiger partial charge >= 0.3 is 0 Å². The molecule has 1 fully saturated rings. The van der Waals surface area contributed by atoms with Crippen LogP contribution in [0.1, 0.15) is 95.2 Å². The fourth-order valence-corrected chi connectivity index (χ4v) is 7.01. The number of methoxy groups -OCH3 is 3. The highest BCUT2D eigenvalue weighted by Crippen LogP contribution is 2.37. The SMILES string of the molecule is COc1ccc(CN2C(=O)CC[C@@H]2/C=C(\c2ccc(C(C)(C)C)cc2)c2ccc(CCCCO[Si](C)(C)C(C)(C)C)c(OC)n2)c(OC)c1. The Kier molecular flexibility index (Phi) is 12.4. The van der Waals surface area contributed by atoms with Gasteiger partial charge in [0.2, 0.25) is 11.8 Å². The third kappa shape index (κ3) is 9.54. The van der Waals surface area contributed by atoms with Gasteiger partial charge in [0.05, 0.1) is 33.1 Å². The summed E-state index contributed by atoms with van der Waals surface area (Å²) >= 11 is 0. The van der Waals surface area contributed by atoms with E-state index >= 15 is 0 Å². The summed E-state index contributed by atoms with van der Waals surface area (Å²) in [5, 5.41) is 0.208. The summed E-state index contributed by atoms with van der Waals surface area (Å²) in [5.74, 6) is 2.18. The summed E-state index contributed by atoms with van der Waals surface area (Å²) < 4.78 is 23.3. The van der Waals surface area contributed by atoms with Gasteiger partial charge in [0, 0.05) is 42.3 Å². The average molecular weight is 687 g/mol. The highest BCUT2D eigenvalue weighted by Gasteiger charge is 2.37. The molecule has 0 bridgehead atoms. The Bertz CT molecular complexity index is 1600. The fourth-order valence-electron chi connectivity index (χ4n) is 5.92. The Hall–Kier alpha value is -3.62. The van der Waals surface area contributed by atoms with Crippen molar-refractivity contribution in [3.8, 4) is 17.4 Å². The molecule has 0 saturated carbocycles. The van der Waals surface area contributed by atoms with Crippen LogP contribution in [-0.2, 0) is 27.6 Å². The molecule has 1 aliphatic rings. The van der Waals surface area contributed by atoms with Crippen LogP contribution < -0.4 is 14.2 Å². The molecular weight excluding hydrogens is 629 g/mol. The van der Waals surface area contributed by atoms with Crippen LogP contribution in [-0.4, -0.2) is 58.1 Å². The van der Waals surface area contributed by atoms with Crippen molar-refractivity contribution in [1.82, 2.24) is 9.88 Å². The lowest BCUT2D eigenvalue weighted by Gasteiger charge is -2.36. The van der Waals surface area contributed by atoms with Crippen molar-refractivity contribution in [1.29, 1.82) is 0 Å². The number of hydrogen-bond donors (Lipinski definition) is 0. The van der Waals surface area contributed by atoms with E-state index in [-0.39, 0.29) is 22.4 Å². The average Bonchev–Trinajstić information content (AvgIpc) is 3.40. The van der Waals surface area contributed by atoms with E-state index in [0.29, 0.717) is 30.3 Å². The van der Waals surface area contributed by atoms with Crippen molar-refractivity contribution in [3.63, 3.8) is 0 Å². The van der Waals surface area contributed by atoms with Crippen molar-refractivity contribution in [3.05, 3.63) is 88.6 Å². The minimum atomic E-state index is -1.75. The van der Waals surface area contributed by atoms with E-state index < -0.39 is 8.32 Å². The van der Waals surface area contributed by atoms with Gasteiger partial charge in [-0.15, -0.1) is 0 Å². The van der Waals surface area contributed by atoms with Gasteiger partial charge in [-0.2, -0.15) is 0 Å². The number of unbranched alkanes of at least 4 members (excludes halogenated alkanes) is 1. The first-order valence-corrected chi connectivity index (χ1v) is 20.5. The number of benzene rings is 2. The zero-order valence-corrected chi connectivity index (χ0v) is 32.7. The van der Waals surface area contributed by atoms with Gasteiger partial charge in [-0.05, 0) is 78.6 Å². The molecule has 0 spiro atoms. The molecule has 1 aliphatic heterocycles. The lowest BCUT2D eigenvalue weighted by Crippen LogP contribution is -2.40. The molecular formula is C41H58N2O5Si. The van der Waals surface area contributed by atoms with Crippen molar-refractivity contribution < 1.29 is 23.4 Å². The van der Waals surface area contributed by atoms with E-state index in [4.69, 9.17) is 23.6 Å². The maximum Gasteiger partial charge on any atom is 0.223 e. The number of carbonyl (C=O) groups excluding carboxylic acids is 1. The number of aryl methyl sites for hydroxylation is 1. The Balaban J connectivity index is 1.63. The zero-order valence-electron chi connectivity index (χ0n) is 31.7. The number of nitrogens with zero attached hydrogens (tertiary/aromatic N) is 2. The molecule has 0 radical (unpaired) electrons. The van der Waals surface area contributed by atoms with Crippen LogP contribution in [0.15, 0.2) is 60.7 Å². The largest absolute Gasteiger partial charge is 0.497 e. The minimum absolute atomic E-state index is 0.0351. The number of aromatic nitrogens is 1. The number of pyridine rings is 1. The van der Waals surface area contributed by atoms with E-state index in [2.05, 4.69) is 97.1 Å². The molecule has 0 aliphatic carbocycles. The number of likely N-dealkylation sites (tertiary alicyclic amines) is 1. The van der Waals surface area contributed by atoms with Crippen molar-refractivity contribution in [2.45, 2.75) is 110 Å². The van der Waals surface area contributed by atoms with Crippen molar-refractivity contribution >= 4 is 19.8 Å². The second-order valence-corrected chi connectivity index (χ2v) is 20.5. The molecule has 49 heavy (non-hydrogen) atoms. The third-order valence-corrected chi connectivity index (χ3v) is 14.7. The first-order valence-electron chi connectivity index (χ1n) is 17.6. The Labute approximate surface area is 296 Å². The van der Waals surface area contributed by atoms with Crippen LogP contribution in [0.25, 0.3) is 5.57 Å². The van der Waals surface area contributed by atoms with Crippen molar-refractivity contribution in [2.75, 3.05) is 27.9 Å². The molecule has 1 aromatic heterocycles. The molecule has 7 nitrogen and oxygen atoms in total. The summed E-state index contributed by atoms with van der Waals surface area (Å²) in [6, 6.07) is 18.6. The van der Waals surface area contributed by atoms with Gasteiger partial charge in [-0.25, -0.2) is 4.98 Å². The lowest BCUT2D eigenvalue weighted by molar-refractivity contribution is -0.129. The smallest absolute Gasteiger partial charge is 0.223 e. The molecule has 2 heterocycles. The number of ether oxygens (including phenoxy) is 3. The Morgan fingerprint density at radius 2 is 1.59 bits per heavy atom. The maximum atomic E-state index is 13.3. The standard InChI is InChI=1S/C41H58N2O5Si/c1-40(2,3)32-19-15-29(16-20-32)35(26-33-21-24-38(44)43(33)28-31-17-22-34(45-7)27-37(31)46-8)36-23-18-30(39(42-36)47-9)14-12-13-25-48-49(10,11)41(4,5)6/h15-20,22-23,26-27,33H,12-14,21,24-25,28H2,1-11H3/b35-26+/t33-/m1/s1. The van der Waals surface area contributed by atoms with Gasteiger partial charge < -0.3 is 23.5 Å². The molecule has 1 saturated heterocycles. The van der Waals surface area contributed by atoms with Crippen LogP contribution in [0.4, 0.5) is 0 Å². The highest BCUT2D eigenvalue weighted by molar-refractivity contribution is 6.74. The van der Waals surface area contributed by atoms with Crippen LogP contribution in [0.3, 0.4) is 0 Å². The molecule has 4 rings (SSSR count). The molecule has 3 aromatic rings. The van der Waals surface area contributed by atoms with Crippen molar-refractivity contribution in [2.24, 2.45) is 0 Å². The molecule has 8 heteroatoms. The summed E-state index contributed by atoms with van der Waals surface area (Å²) in [5.41, 5.74) is 6.19. The predicted molar refractivity (Wildman–Crippen MR) is 202 cm³/mol. The van der Waals surface area contributed by atoms with Crippen LogP contribution in [0.2, 0.25) is 18.1 Å². The normalized spacial score (nSPS) is 15.9. The van der Waals surface area contributed by atoms with E-state index in [1.165, 1.54) is 5.56 Å². The van der Waals surface area contributed by atoms with Gasteiger partial charge in [0.25, 0.3) is 0 Å². The van der Waals surface area contributed by atoms with Gasteiger partial charge in [-0.1, -0.05) is 78.0 Å². The Morgan fingerprint density at radius 3 is 2.20 bits per heavy atom. The van der Waals surface area contributed by atoms with Crippen LogP contribution >= 0.6 is 0 Å². The second-order valence-electron chi connectivity index (χ2n) is 15.6. The maximum absolute atomic E-state index is 13.3. The predicted octanol–water partition coefficient (Wildman–Crippen LogP) is 9.37. The van der Waals surface area contributed by atoms with Gasteiger partial charge in [0.1, 0.15) is 11.5 Å². The molecule has 2 aromatic carbocycles. The number of amides is 1. The van der Waals surface area contributed by atoms with Gasteiger partial charge in [0.15, 0.2) is 8.32 Å². The van der Waals surface area contributed by atoms with E-state index in [0.717, 1.165) is 60.2 Å². The Morgan fingerprint density at radius 1 is 0.898 bits per heavy atom. The topological polar surface area (TPSA) is 70.1 Å². The molecule has 1 amide bonds. The number of hydrogen-bond acceptors (Lipinski definition) is 6. The minimum Gasteiger partial charge on any atom is -0.497 e. The monoisotopic (exact) mass is 686 g/mol. The number of rotatable bonds is 14. The molecule has 0 N–H and O–H groups in total. The second kappa shape index (κ2) is 15.9. The van der Waals surface area contributed by atoms with Crippen LogP contribution in [0, 0.1) is 0 Å². The first kappa shape index (κ1) is 38.2. The van der Waals surface area contributed by atoms with Gasteiger partial charge in [-0.3, -0.25) is 4.79 Å². The summed E-state index contributed by atoms with van der Waals surface area (Å²) in [7, 11) is 3.22. The van der Waals surface area contributed by atoms with E-state index in [9.17, 15) is 4.79 Å². The summed E-state index contributed by atoms with van der Waals surface area (Å²) in [4.78, 5) is 20.3. The number of carbonyl (C=O) groups is 1. The molecule has 0 unspecified atom stereocenters. The quantitative estimate of drug-likeness (QED) is 0.124. The summed E-state index contributed by atoms with van der Waals surface area (Å²) in [6.45, 7) is 19.3. The molecule has 266 valence electrons. The van der Waals surface area contributed by atoms with Crippen LogP contribution in [0.5, 0.6) is 17.4 Å².